The smallest absolute Gasteiger partial charge is 0.393 e. The monoisotopic (exact) mass is 461 g/mol. The second-order valence-corrected chi connectivity index (χ2v) is 8.56. The Morgan fingerprint density at radius 2 is 2.00 bits per heavy atom. The highest BCUT2D eigenvalue weighted by molar-refractivity contribution is 5.97. The third kappa shape index (κ3) is 3.81. The Morgan fingerprint density at radius 3 is 2.61 bits per heavy atom. The second-order valence-electron chi connectivity index (χ2n) is 8.56. The summed E-state index contributed by atoms with van der Waals surface area (Å²) in [6.07, 6.45) is -4.29. The standard InChI is InChI=1S/C23H22F3N3O4/c1-22(12-27)5-3-6-29(22)20(30)17-8-14(11-23(24,25)26)19-15-10-16(21(31)32)18(33-2)9-13(15)4-7-28(17)19/h8-10H,3-7,11H2,1-2H3,(H,31,32)/t22-/m1/s1. The third-order valence-corrected chi connectivity index (χ3v) is 6.43. The summed E-state index contributed by atoms with van der Waals surface area (Å²) in [5.41, 5.74) is -0.0666. The van der Waals surface area contributed by atoms with Crippen LogP contribution in [0.5, 0.6) is 5.75 Å². The van der Waals surface area contributed by atoms with Gasteiger partial charge in [0.1, 0.15) is 22.5 Å². The van der Waals surface area contributed by atoms with E-state index in [0.717, 1.165) is 0 Å². The minimum atomic E-state index is -4.53. The average Bonchev–Trinajstić information content (AvgIpc) is 3.32. The molecule has 2 aromatic rings. The first-order valence-electron chi connectivity index (χ1n) is 10.5. The first-order chi connectivity index (χ1) is 15.5. The zero-order valence-corrected chi connectivity index (χ0v) is 18.1. The molecule has 2 aliphatic rings. The summed E-state index contributed by atoms with van der Waals surface area (Å²) in [6, 6.07) is 6.23. The minimum Gasteiger partial charge on any atom is -0.496 e. The van der Waals surface area contributed by atoms with E-state index in [9.17, 15) is 33.1 Å². The number of aryl methyl sites for hydroxylation is 1. The van der Waals surface area contributed by atoms with Gasteiger partial charge in [0.15, 0.2) is 0 Å². The molecule has 174 valence electrons. The lowest BCUT2D eigenvalue weighted by molar-refractivity contribution is -0.127. The van der Waals surface area contributed by atoms with Crippen molar-refractivity contribution in [3.05, 3.63) is 40.6 Å². The Balaban J connectivity index is 1.91. The van der Waals surface area contributed by atoms with Crippen LogP contribution < -0.4 is 4.74 Å². The van der Waals surface area contributed by atoms with Gasteiger partial charge in [-0.3, -0.25) is 4.79 Å². The molecule has 0 aliphatic carbocycles. The number of alkyl halides is 3. The topological polar surface area (TPSA) is 95.6 Å². The molecular weight excluding hydrogens is 439 g/mol. The Hall–Kier alpha value is -3.48. The van der Waals surface area contributed by atoms with E-state index in [1.165, 1.54) is 34.8 Å². The summed E-state index contributed by atoms with van der Waals surface area (Å²) >= 11 is 0. The maximum atomic E-state index is 13.4. The molecule has 1 aromatic heterocycles. The predicted molar refractivity (Wildman–Crippen MR) is 111 cm³/mol. The van der Waals surface area contributed by atoms with Crippen molar-refractivity contribution < 1.29 is 32.6 Å². The Labute approximate surface area is 188 Å². The zero-order valence-electron chi connectivity index (χ0n) is 18.1. The largest absolute Gasteiger partial charge is 0.496 e. The van der Waals surface area contributed by atoms with E-state index in [0.29, 0.717) is 36.9 Å². The molecule has 1 N–H and O–H groups in total. The van der Waals surface area contributed by atoms with E-state index in [2.05, 4.69) is 6.07 Å². The first-order valence-corrected chi connectivity index (χ1v) is 10.5. The number of aromatic nitrogens is 1. The number of rotatable bonds is 4. The van der Waals surface area contributed by atoms with Crippen molar-refractivity contribution in [3.63, 3.8) is 0 Å². The van der Waals surface area contributed by atoms with Gasteiger partial charge in [-0.2, -0.15) is 18.4 Å². The first kappa shape index (κ1) is 22.7. The number of carboxylic acid groups (broad SMARTS) is 1. The lowest BCUT2D eigenvalue weighted by Crippen LogP contribution is -2.44. The minimum absolute atomic E-state index is 0.0750. The van der Waals surface area contributed by atoms with E-state index < -0.39 is 30.0 Å². The number of nitriles is 1. The number of nitrogens with zero attached hydrogens (tertiary/aromatic N) is 3. The fourth-order valence-corrected chi connectivity index (χ4v) is 4.84. The van der Waals surface area contributed by atoms with Crippen molar-refractivity contribution >= 4 is 11.9 Å². The molecule has 4 rings (SSSR count). The molecule has 1 saturated heterocycles. The number of benzene rings is 1. The van der Waals surface area contributed by atoms with Gasteiger partial charge in [0.25, 0.3) is 5.91 Å². The van der Waals surface area contributed by atoms with Gasteiger partial charge >= 0.3 is 12.1 Å². The molecule has 0 spiro atoms. The molecule has 1 amide bonds. The number of hydrogen-bond donors (Lipinski definition) is 1. The van der Waals surface area contributed by atoms with Crippen LogP contribution in [0.2, 0.25) is 0 Å². The van der Waals surface area contributed by atoms with Crippen LogP contribution in [-0.4, -0.2) is 51.8 Å². The van der Waals surface area contributed by atoms with E-state index in [1.54, 1.807) is 6.92 Å². The molecule has 1 aromatic carbocycles. The van der Waals surface area contributed by atoms with E-state index >= 15 is 0 Å². The Kier molecular flexibility index (Phi) is 5.39. The van der Waals surface area contributed by atoms with Crippen LogP contribution in [0.3, 0.4) is 0 Å². The van der Waals surface area contributed by atoms with E-state index in [1.807, 2.05) is 0 Å². The van der Waals surface area contributed by atoms with Crippen molar-refractivity contribution in [3.8, 4) is 23.1 Å². The van der Waals surface area contributed by atoms with Gasteiger partial charge in [0, 0.05) is 18.7 Å². The van der Waals surface area contributed by atoms with Crippen molar-refractivity contribution in [1.82, 2.24) is 9.47 Å². The van der Waals surface area contributed by atoms with Gasteiger partial charge in [0.2, 0.25) is 0 Å². The van der Waals surface area contributed by atoms with Crippen LogP contribution in [-0.2, 0) is 19.4 Å². The number of amides is 1. The van der Waals surface area contributed by atoms with Gasteiger partial charge in [-0.05, 0) is 55.5 Å². The van der Waals surface area contributed by atoms with Crippen molar-refractivity contribution in [2.24, 2.45) is 0 Å². The fraction of sp³-hybridized carbons (Fsp3) is 0.435. The van der Waals surface area contributed by atoms with Gasteiger partial charge in [-0.1, -0.05) is 0 Å². The van der Waals surface area contributed by atoms with Gasteiger partial charge in [-0.15, -0.1) is 0 Å². The lowest BCUT2D eigenvalue weighted by atomic mass is 9.93. The summed E-state index contributed by atoms with van der Waals surface area (Å²) in [5, 5.41) is 19.1. The molecule has 3 heterocycles. The average molecular weight is 461 g/mol. The summed E-state index contributed by atoms with van der Waals surface area (Å²) in [4.78, 5) is 26.6. The second kappa shape index (κ2) is 7.83. The Bertz CT molecular complexity index is 1200. The molecule has 10 heteroatoms. The SMILES string of the molecule is COc1cc2c(cc1C(=O)O)-c1c(CC(F)(F)F)cc(C(=O)N3CCC[C@]3(C)C#N)n1CC2. The number of aromatic carboxylic acids is 1. The highest BCUT2D eigenvalue weighted by atomic mass is 19.4. The number of ether oxygens (including phenoxy) is 1. The lowest BCUT2D eigenvalue weighted by Gasteiger charge is -2.30. The highest BCUT2D eigenvalue weighted by Crippen LogP contribution is 2.41. The van der Waals surface area contributed by atoms with Crippen LogP contribution in [0.15, 0.2) is 18.2 Å². The van der Waals surface area contributed by atoms with Gasteiger partial charge in [-0.25, -0.2) is 4.79 Å². The number of hydrogen-bond acceptors (Lipinski definition) is 4. The molecule has 2 aliphatic heterocycles. The fourth-order valence-electron chi connectivity index (χ4n) is 4.84. The van der Waals surface area contributed by atoms with Crippen LogP contribution in [0.25, 0.3) is 11.3 Å². The maximum absolute atomic E-state index is 13.4. The van der Waals surface area contributed by atoms with Gasteiger partial charge < -0.3 is 19.3 Å². The number of carboxylic acids is 1. The van der Waals surface area contributed by atoms with Crippen molar-refractivity contribution in [2.45, 2.75) is 50.9 Å². The molecule has 33 heavy (non-hydrogen) atoms. The van der Waals surface area contributed by atoms with Crippen LogP contribution in [0.1, 0.15) is 51.7 Å². The predicted octanol–water partition coefficient (Wildman–Crippen LogP) is 4.04. The quantitative estimate of drug-likeness (QED) is 0.742. The number of likely N-dealkylation sites (tertiary alicyclic amines) is 1. The third-order valence-electron chi connectivity index (χ3n) is 6.43. The van der Waals surface area contributed by atoms with Crippen LogP contribution >= 0.6 is 0 Å². The summed E-state index contributed by atoms with van der Waals surface area (Å²) < 4.78 is 47.0. The summed E-state index contributed by atoms with van der Waals surface area (Å²) in [7, 11) is 1.33. The maximum Gasteiger partial charge on any atom is 0.393 e. The zero-order chi connectivity index (χ0) is 24.1. The number of halogens is 3. The Morgan fingerprint density at radius 1 is 1.27 bits per heavy atom. The van der Waals surface area contributed by atoms with Crippen molar-refractivity contribution in [2.75, 3.05) is 13.7 Å². The van der Waals surface area contributed by atoms with E-state index in [4.69, 9.17) is 4.74 Å². The number of carbonyl (C=O) groups excluding carboxylic acids is 1. The van der Waals surface area contributed by atoms with Gasteiger partial charge in [0.05, 0.1) is 25.3 Å². The number of fused-ring (bicyclic) bond motifs is 3. The molecule has 1 fully saturated rings. The van der Waals surface area contributed by atoms with Crippen LogP contribution in [0.4, 0.5) is 13.2 Å². The number of carbonyl (C=O) groups is 2. The van der Waals surface area contributed by atoms with E-state index in [-0.39, 0.29) is 34.8 Å². The molecule has 0 unspecified atom stereocenters. The van der Waals surface area contributed by atoms with Crippen molar-refractivity contribution in [1.29, 1.82) is 5.26 Å². The highest BCUT2D eigenvalue weighted by Gasteiger charge is 2.42. The molecule has 0 bridgehead atoms. The molecule has 1 atom stereocenters. The summed E-state index contributed by atoms with van der Waals surface area (Å²) in [5.74, 6) is -1.65. The summed E-state index contributed by atoms with van der Waals surface area (Å²) in [6.45, 7) is 2.23. The van der Waals surface area contributed by atoms with Crippen LogP contribution in [0, 0.1) is 11.3 Å². The number of methoxy groups -OCH3 is 1. The molecule has 7 nitrogen and oxygen atoms in total. The normalized spacial score (nSPS) is 19.6. The molecule has 0 saturated carbocycles. The molecular formula is C23H22F3N3O4. The molecule has 0 radical (unpaired) electrons.